The Balaban J connectivity index is 1.14. The van der Waals surface area contributed by atoms with E-state index in [1.165, 1.54) is 19.3 Å². The van der Waals surface area contributed by atoms with Gasteiger partial charge in [-0.25, -0.2) is 0 Å². The molecule has 1 N–H and O–H groups in total. The highest BCUT2D eigenvalue weighted by molar-refractivity contribution is 9.10. The van der Waals surface area contributed by atoms with Gasteiger partial charge in [0, 0.05) is 29.0 Å². The van der Waals surface area contributed by atoms with Gasteiger partial charge in [-0.05, 0) is 72.2 Å². The van der Waals surface area contributed by atoms with Crippen LogP contribution in [0.15, 0.2) is 60.7 Å². The van der Waals surface area contributed by atoms with Crippen molar-refractivity contribution in [2.24, 2.45) is 23.7 Å². The smallest absolute Gasteiger partial charge is 0.258 e. The zero-order chi connectivity index (χ0) is 26.2. The summed E-state index contributed by atoms with van der Waals surface area (Å²) in [5.74, 6) is 0.821. The molecule has 4 bridgehead atoms. The summed E-state index contributed by atoms with van der Waals surface area (Å²) in [6.07, 6.45) is 10.8. The molecular weight excluding hydrogens is 556 g/mol. The third kappa shape index (κ3) is 3.96. The molecule has 2 aromatic rings. The topological polar surface area (TPSA) is 47.9 Å². The third-order valence-electron chi connectivity index (χ3n) is 10.9. The average molecular weight is 598 g/mol. The largest absolute Gasteiger partial charge is 0.424 e. The van der Waals surface area contributed by atoms with E-state index in [9.17, 15) is 4.80 Å². The van der Waals surface area contributed by atoms with E-state index in [4.69, 9.17) is 14.5 Å². The summed E-state index contributed by atoms with van der Waals surface area (Å²) in [5.41, 5.74) is 0. The summed E-state index contributed by atoms with van der Waals surface area (Å²) in [7, 11) is -3.05. The number of benzene rings is 2. The number of halogens is 1. The first kappa shape index (κ1) is 25.9. The van der Waals surface area contributed by atoms with Gasteiger partial charge in [-0.15, -0.1) is 0 Å². The van der Waals surface area contributed by atoms with E-state index in [0.29, 0.717) is 17.8 Å². The molecule has 8 rings (SSSR count). The lowest BCUT2D eigenvalue weighted by molar-refractivity contribution is -0.389. The Morgan fingerprint density at radius 3 is 2.08 bits per heavy atom. The standard InChI is InChI=1S/C32H41BrO4Si/c1-29(2,38(34,27-11-5-3-6-12-27)28-13-7-4-8-14-28)18-23-10-9-15-31(20-23)35-32(37-36-31)25-16-24-17-26(32)22-30(33,19-24)21-25/h3-8,11-14,23-26,34H,9-10,15-22H2,1-2H3/t23-,24?,25?,26?,30?,31+,32?/m0/s1. The molecule has 6 fully saturated rings. The summed E-state index contributed by atoms with van der Waals surface area (Å²) in [5, 5.41) is 1.88. The summed E-state index contributed by atoms with van der Waals surface area (Å²) < 4.78 is 7.36. The minimum atomic E-state index is -3.05. The molecule has 1 heterocycles. The quantitative estimate of drug-likeness (QED) is 0.245. The van der Waals surface area contributed by atoms with Gasteiger partial charge in [0.05, 0.1) is 0 Å². The molecule has 1 aliphatic heterocycles. The molecule has 1 saturated heterocycles. The van der Waals surface area contributed by atoms with Gasteiger partial charge in [0.1, 0.15) is 0 Å². The normalized spacial score (nSPS) is 40.3. The van der Waals surface area contributed by atoms with Crippen molar-refractivity contribution < 1.29 is 19.3 Å². The Kier molecular flexibility index (Phi) is 6.13. The lowest BCUT2D eigenvalue weighted by Gasteiger charge is -2.60. The lowest BCUT2D eigenvalue weighted by atomic mass is 9.53. The Morgan fingerprint density at radius 1 is 0.895 bits per heavy atom. The second kappa shape index (κ2) is 8.99. The van der Waals surface area contributed by atoms with Crippen molar-refractivity contribution in [2.75, 3.05) is 0 Å². The monoisotopic (exact) mass is 596 g/mol. The second-order valence-electron chi connectivity index (χ2n) is 13.9. The Bertz CT molecular complexity index is 1120. The van der Waals surface area contributed by atoms with Gasteiger partial charge < -0.3 is 9.53 Å². The summed E-state index contributed by atoms with van der Waals surface area (Å²) >= 11 is 4.10. The predicted molar refractivity (Wildman–Crippen MR) is 155 cm³/mol. The van der Waals surface area contributed by atoms with Gasteiger partial charge in [0.25, 0.3) is 8.32 Å². The highest BCUT2D eigenvalue weighted by Crippen LogP contribution is 2.67. The number of alkyl halides is 1. The molecule has 2 unspecified atom stereocenters. The zero-order valence-electron chi connectivity index (χ0n) is 22.7. The predicted octanol–water partition coefficient (Wildman–Crippen LogP) is 6.44. The summed E-state index contributed by atoms with van der Waals surface area (Å²) in [6, 6.07) is 20.8. The van der Waals surface area contributed by atoms with Crippen LogP contribution in [-0.2, 0) is 14.5 Å². The van der Waals surface area contributed by atoms with Crippen molar-refractivity contribution in [2.45, 2.75) is 99.0 Å². The average Bonchev–Trinajstić information content (AvgIpc) is 3.26. The fourth-order valence-electron chi connectivity index (χ4n) is 9.42. The first-order valence-corrected chi connectivity index (χ1v) is 17.5. The van der Waals surface area contributed by atoms with Crippen LogP contribution in [0.4, 0.5) is 0 Å². The molecule has 5 saturated carbocycles. The minimum absolute atomic E-state index is 0.277. The van der Waals surface area contributed by atoms with E-state index in [0.717, 1.165) is 61.2 Å². The first-order valence-electron chi connectivity index (χ1n) is 14.7. The van der Waals surface area contributed by atoms with Crippen molar-refractivity contribution in [1.29, 1.82) is 0 Å². The van der Waals surface area contributed by atoms with Gasteiger partial charge in [-0.1, -0.05) is 96.9 Å². The molecule has 5 aliphatic carbocycles. The molecule has 2 aromatic carbocycles. The van der Waals surface area contributed by atoms with Crippen molar-refractivity contribution in [3.05, 3.63) is 60.7 Å². The van der Waals surface area contributed by atoms with Gasteiger partial charge in [0.15, 0.2) is 0 Å². The Morgan fingerprint density at radius 2 is 1.50 bits per heavy atom. The molecule has 2 spiro atoms. The molecule has 6 heteroatoms. The van der Waals surface area contributed by atoms with Crippen molar-refractivity contribution in [3.8, 4) is 0 Å². The first-order chi connectivity index (χ1) is 18.2. The van der Waals surface area contributed by atoms with Gasteiger partial charge in [-0.3, -0.25) is 0 Å². The number of hydrogen-bond donors (Lipinski definition) is 1. The maximum atomic E-state index is 12.7. The van der Waals surface area contributed by atoms with Gasteiger partial charge in [-0.2, -0.15) is 9.78 Å². The fraction of sp³-hybridized carbons (Fsp3) is 0.625. The van der Waals surface area contributed by atoms with E-state index in [1.54, 1.807) is 0 Å². The number of ether oxygens (including phenoxy) is 1. The van der Waals surface area contributed by atoms with Crippen LogP contribution in [0.2, 0.25) is 5.04 Å². The lowest BCUT2D eigenvalue weighted by Crippen LogP contribution is -2.65. The van der Waals surface area contributed by atoms with Crippen molar-refractivity contribution in [3.63, 3.8) is 0 Å². The van der Waals surface area contributed by atoms with Crippen LogP contribution in [0.5, 0.6) is 0 Å². The van der Waals surface area contributed by atoms with Crippen LogP contribution >= 0.6 is 15.9 Å². The van der Waals surface area contributed by atoms with E-state index >= 15 is 0 Å². The Labute approximate surface area is 236 Å². The van der Waals surface area contributed by atoms with Crippen molar-refractivity contribution in [1.82, 2.24) is 0 Å². The van der Waals surface area contributed by atoms with E-state index in [-0.39, 0.29) is 9.36 Å². The van der Waals surface area contributed by atoms with Crippen LogP contribution in [0.3, 0.4) is 0 Å². The van der Waals surface area contributed by atoms with E-state index in [1.807, 2.05) is 12.1 Å². The molecule has 0 amide bonds. The van der Waals surface area contributed by atoms with Crippen LogP contribution in [0, 0.1) is 23.7 Å². The minimum Gasteiger partial charge on any atom is -0.424 e. The molecule has 6 aliphatic rings. The maximum absolute atomic E-state index is 12.7. The van der Waals surface area contributed by atoms with Gasteiger partial charge in [0.2, 0.25) is 11.6 Å². The summed E-state index contributed by atoms with van der Waals surface area (Å²) in [4.78, 5) is 25.3. The van der Waals surface area contributed by atoms with E-state index in [2.05, 4.69) is 78.3 Å². The fourth-order valence-corrected chi connectivity index (χ4v) is 14.5. The molecule has 204 valence electrons. The number of hydrogen-bond acceptors (Lipinski definition) is 4. The molecule has 4 nitrogen and oxygen atoms in total. The van der Waals surface area contributed by atoms with Crippen LogP contribution in [-0.4, -0.2) is 29.0 Å². The molecular formula is C32H41BrO4Si. The van der Waals surface area contributed by atoms with Crippen LogP contribution in [0.1, 0.15) is 78.1 Å². The van der Waals surface area contributed by atoms with Crippen molar-refractivity contribution >= 4 is 34.6 Å². The van der Waals surface area contributed by atoms with Crippen LogP contribution < -0.4 is 10.4 Å². The molecule has 38 heavy (non-hydrogen) atoms. The summed E-state index contributed by atoms with van der Waals surface area (Å²) in [6.45, 7) is 4.56. The SMILES string of the molecule is CC(C)(C[C@@H]1CCC[C@]2(C1)OOC1(O2)C2CC3CC1CC(Br)(C3)C2)[Si](O)(c1ccccc1)c1ccccc1. The highest BCUT2D eigenvalue weighted by Gasteiger charge is 2.69. The zero-order valence-corrected chi connectivity index (χ0v) is 25.3. The Hall–Kier alpha value is -1.02. The highest BCUT2D eigenvalue weighted by atomic mass is 79.9. The maximum Gasteiger partial charge on any atom is 0.258 e. The molecule has 0 radical (unpaired) electrons. The van der Waals surface area contributed by atoms with Crippen LogP contribution in [0.25, 0.3) is 0 Å². The third-order valence-corrected chi connectivity index (χ3v) is 16.3. The second-order valence-corrected chi connectivity index (χ2v) is 19.5. The number of rotatable bonds is 5. The van der Waals surface area contributed by atoms with E-state index < -0.39 is 19.9 Å². The molecule has 4 atom stereocenters. The van der Waals surface area contributed by atoms with Gasteiger partial charge >= 0.3 is 0 Å². The molecule has 0 aromatic heterocycles.